The predicted octanol–water partition coefficient (Wildman–Crippen LogP) is 3.31. The van der Waals surface area contributed by atoms with Crippen molar-refractivity contribution in [1.82, 2.24) is 15.5 Å². The number of nitrogens with zero attached hydrogens (tertiary/aromatic N) is 3. The van der Waals surface area contributed by atoms with Crippen molar-refractivity contribution < 1.29 is 4.79 Å². The van der Waals surface area contributed by atoms with Gasteiger partial charge >= 0.3 is 0 Å². The predicted molar refractivity (Wildman–Crippen MR) is 91.1 cm³/mol. The quantitative estimate of drug-likeness (QED) is 0.918. The van der Waals surface area contributed by atoms with Crippen LogP contribution in [0, 0.1) is 0 Å². The maximum Gasteiger partial charge on any atom is 0.272 e. The van der Waals surface area contributed by atoms with E-state index in [-0.39, 0.29) is 11.6 Å². The molecule has 3 rings (SSSR count). The molecule has 1 amide bonds. The van der Waals surface area contributed by atoms with Crippen LogP contribution < -0.4 is 10.2 Å². The molecule has 2 heterocycles. The Morgan fingerprint density at radius 2 is 1.91 bits per heavy atom. The molecule has 1 aromatic carbocycles. The van der Waals surface area contributed by atoms with Gasteiger partial charge in [-0.15, -0.1) is 10.2 Å². The highest BCUT2D eigenvalue weighted by molar-refractivity contribution is 6.35. The van der Waals surface area contributed by atoms with Gasteiger partial charge < -0.3 is 10.2 Å². The SMILES string of the molecule is O=C(NCc1ccc(Cl)cc1Cl)c1ccc(N2CCCC2)nn1. The van der Waals surface area contributed by atoms with Gasteiger partial charge in [-0.05, 0) is 42.7 Å². The fourth-order valence-corrected chi connectivity index (χ4v) is 2.97. The highest BCUT2D eigenvalue weighted by atomic mass is 35.5. The van der Waals surface area contributed by atoms with Crippen LogP contribution in [0.15, 0.2) is 30.3 Å². The molecule has 0 aliphatic carbocycles. The van der Waals surface area contributed by atoms with E-state index < -0.39 is 0 Å². The Morgan fingerprint density at radius 1 is 1.13 bits per heavy atom. The van der Waals surface area contributed by atoms with Crippen LogP contribution in [0.1, 0.15) is 28.9 Å². The third-order valence-electron chi connectivity index (χ3n) is 3.77. The second kappa shape index (κ2) is 7.15. The molecule has 0 spiro atoms. The minimum atomic E-state index is -0.281. The molecule has 23 heavy (non-hydrogen) atoms. The standard InChI is InChI=1S/C16H16Cl2N4O/c17-12-4-3-11(13(18)9-12)10-19-16(23)14-5-6-15(21-20-14)22-7-1-2-8-22/h3-6,9H,1-2,7-8,10H2,(H,19,23). The monoisotopic (exact) mass is 350 g/mol. The first-order valence-corrected chi connectivity index (χ1v) is 8.20. The summed E-state index contributed by atoms with van der Waals surface area (Å²) in [6.07, 6.45) is 2.34. The van der Waals surface area contributed by atoms with Crippen molar-refractivity contribution in [3.8, 4) is 0 Å². The molecule has 1 N–H and O–H groups in total. The summed E-state index contributed by atoms with van der Waals surface area (Å²) >= 11 is 11.9. The van der Waals surface area contributed by atoms with Gasteiger partial charge in [0, 0.05) is 29.7 Å². The van der Waals surface area contributed by atoms with Crippen molar-refractivity contribution in [3.63, 3.8) is 0 Å². The number of carbonyl (C=O) groups excluding carboxylic acids is 1. The van der Waals surface area contributed by atoms with Crippen LogP contribution in [0.25, 0.3) is 0 Å². The summed E-state index contributed by atoms with van der Waals surface area (Å²) in [4.78, 5) is 14.3. The van der Waals surface area contributed by atoms with Crippen molar-refractivity contribution >= 4 is 34.9 Å². The maximum atomic E-state index is 12.1. The van der Waals surface area contributed by atoms with Gasteiger partial charge in [0.05, 0.1) is 0 Å². The maximum absolute atomic E-state index is 12.1. The second-order valence-corrected chi connectivity index (χ2v) is 6.23. The molecule has 0 bridgehead atoms. The van der Waals surface area contributed by atoms with Gasteiger partial charge in [0.1, 0.15) is 0 Å². The highest BCUT2D eigenvalue weighted by Gasteiger charge is 2.15. The molecule has 5 nitrogen and oxygen atoms in total. The third-order valence-corrected chi connectivity index (χ3v) is 4.35. The van der Waals surface area contributed by atoms with E-state index in [9.17, 15) is 4.79 Å². The topological polar surface area (TPSA) is 58.1 Å². The molecule has 0 atom stereocenters. The number of rotatable bonds is 4. The zero-order chi connectivity index (χ0) is 16.2. The molecule has 1 fully saturated rings. The van der Waals surface area contributed by atoms with E-state index in [0.717, 1.165) is 24.5 Å². The average molecular weight is 351 g/mol. The zero-order valence-electron chi connectivity index (χ0n) is 12.4. The number of halogens is 2. The Bertz CT molecular complexity index is 700. The minimum Gasteiger partial charge on any atom is -0.355 e. The minimum absolute atomic E-state index is 0.281. The highest BCUT2D eigenvalue weighted by Crippen LogP contribution is 2.21. The second-order valence-electron chi connectivity index (χ2n) is 5.39. The molecule has 0 unspecified atom stereocenters. The van der Waals surface area contributed by atoms with Crippen molar-refractivity contribution in [2.75, 3.05) is 18.0 Å². The van der Waals surface area contributed by atoms with Gasteiger partial charge in [-0.2, -0.15) is 0 Å². The number of nitrogens with one attached hydrogen (secondary N) is 1. The van der Waals surface area contributed by atoms with Crippen LogP contribution in [0.4, 0.5) is 5.82 Å². The molecular weight excluding hydrogens is 335 g/mol. The Labute approximate surface area is 144 Å². The van der Waals surface area contributed by atoms with Crippen LogP contribution in [-0.2, 0) is 6.54 Å². The zero-order valence-corrected chi connectivity index (χ0v) is 13.9. The lowest BCUT2D eigenvalue weighted by Gasteiger charge is -2.15. The first kappa shape index (κ1) is 16.0. The summed E-state index contributed by atoms with van der Waals surface area (Å²) in [5, 5.41) is 12.0. The molecule has 1 saturated heterocycles. The van der Waals surface area contributed by atoms with E-state index in [2.05, 4.69) is 20.4 Å². The summed E-state index contributed by atoms with van der Waals surface area (Å²) in [6.45, 7) is 2.30. The first-order valence-electron chi connectivity index (χ1n) is 7.44. The van der Waals surface area contributed by atoms with Gasteiger partial charge in [0.15, 0.2) is 11.5 Å². The molecule has 7 heteroatoms. The average Bonchev–Trinajstić information content (AvgIpc) is 3.08. The summed E-state index contributed by atoms with van der Waals surface area (Å²) in [6, 6.07) is 8.70. The molecule has 0 saturated carbocycles. The van der Waals surface area contributed by atoms with E-state index in [0.29, 0.717) is 16.6 Å². The number of anilines is 1. The number of carbonyl (C=O) groups is 1. The van der Waals surface area contributed by atoms with E-state index in [1.54, 1.807) is 24.3 Å². The molecule has 120 valence electrons. The summed E-state index contributed by atoms with van der Waals surface area (Å²) in [7, 11) is 0. The van der Waals surface area contributed by atoms with Crippen LogP contribution in [0.2, 0.25) is 10.0 Å². The molecule has 1 aromatic heterocycles. The lowest BCUT2D eigenvalue weighted by atomic mass is 10.2. The van der Waals surface area contributed by atoms with Gasteiger partial charge in [-0.3, -0.25) is 4.79 Å². The molecule has 1 aliphatic heterocycles. The van der Waals surface area contributed by atoms with Crippen LogP contribution >= 0.6 is 23.2 Å². The first-order chi connectivity index (χ1) is 11.1. The number of hydrogen-bond donors (Lipinski definition) is 1. The normalized spacial score (nSPS) is 14.1. The summed E-state index contributed by atoms with van der Waals surface area (Å²) in [5.74, 6) is 0.538. The Kier molecular flexibility index (Phi) is 4.98. The van der Waals surface area contributed by atoms with Crippen molar-refractivity contribution in [2.24, 2.45) is 0 Å². The summed E-state index contributed by atoms with van der Waals surface area (Å²) in [5.41, 5.74) is 1.09. The largest absolute Gasteiger partial charge is 0.355 e. The van der Waals surface area contributed by atoms with Crippen molar-refractivity contribution in [2.45, 2.75) is 19.4 Å². The van der Waals surface area contributed by atoms with E-state index >= 15 is 0 Å². The Morgan fingerprint density at radius 3 is 2.57 bits per heavy atom. The van der Waals surface area contributed by atoms with Crippen LogP contribution in [-0.4, -0.2) is 29.2 Å². The van der Waals surface area contributed by atoms with E-state index in [1.165, 1.54) is 12.8 Å². The Balaban J connectivity index is 1.61. The fourth-order valence-electron chi connectivity index (χ4n) is 2.49. The van der Waals surface area contributed by atoms with Crippen molar-refractivity contribution in [1.29, 1.82) is 0 Å². The lowest BCUT2D eigenvalue weighted by molar-refractivity contribution is 0.0945. The summed E-state index contributed by atoms with van der Waals surface area (Å²) < 4.78 is 0. The van der Waals surface area contributed by atoms with Gasteiger partial charge in [-0.25, -0.2) is 0 Å². The van der Waals surface area contributed by atoms with Crippen molar-refractivity contribution in [3.05, 3.63) is 51.6 Å². The molecule has 1 aliphatic rings. The molecule has 0 radical (unpaired) electrons. The van der Waals surface area contributed by atoms with E-state index in [4.69, 9.17) is 23.2 Å². The Hall–Kier alpha value is -1.85. The van der Waals surface area contributed by atoms with Gasteiger partial charge in [0.25, 0.3) is 5.91 Å². The number of hydrogen-bond acceptors (Lipinski definition) is 4. The van der Waals surface area contributed by atoms with Crippen LogP contribution in [0.5, 0.6) is 0 Å². The van der Waals surface area contributed by atoms with E-state index in [1.807, 2.05) is 6.07 Å². The fraction of sp³-hybridized carbons (Fsp3) is 0.312. The smallest absolute Gasteiger partial charge is 0.272 e. The third kappa shape index (κ3) is 3.92. The molecule has 2 aromatic rings. The number of aromatic nitrogens is 2. The van der Waals surface area contributed by atoms with Gasteiger partial charge in [-0.1, -0.05) is 29.3 Å². The van der Waals surface area contributed by atoms with Gasteiger partial charge in [0.2, 0.25) is 0 Å². The number of amides is 1. The lowest BCUT2D eigenvalue weighted by Crippen LogP contribution is -2.25. The van der Waals surface area contributed by atoms with Crippen LogP contribution in [0.3, 0.4) is 0 Å². The molecular formula is C16H16Cl2N4O. The number of benzene rings is 1.